The Morgan fingerprint density at radius 1 is 1.10 bits per heavy atom. The van der Waals surface area contributed by atoms with Gasteiger partial charge in [0.1, 0.15) is 0 Å². The molecule has 1 aliphatic rings. The van der Waals surface area contributed by atoms with Gasteiger partial charge in [-0.05, 0) is 56.1 Å². The molecule has 1 aliphatic heterocycles. The van der Waals surface area contributed by atoms with Crippen LogP contribution in [0.15, 0.2) is 32.5 Å². The summed E-state index contributed by atoms with van der Waals surface area (Å²) in [6.45, 7) is 1.26. The SMILES string of the molecule is O=C(c1ccc2c(c1)OCCCO2)c1cc(Br)c(Br)s1. The molecule has 0 N–H and O–H groups in total. The van der Waals surface area contributed by atoms with E-state index in [-0.39, 0.29) is 5.78 Å². The first-order valence-electron chi connectivity index (χ1n) is 6.04. The number of carbonyl (C=O) groups excluding carboxylic acids is 1. The maximum atomic E-state index is 12.5. The Morgan fingerprint density at radius 3 is 2.55 bits per heavy atom. The van der Waals surface area contributed by atoms with Gasteiger partial charge in [0.25, 0.3) is 0 Å². The molecular formula is C14H10Br2O3S. The van der Waals surface area contributed by atoms with Crippen molar-refractivity contribution in [3.8, 4) is 11.5 Å². The zero-order valence-electron chi connectivity index (χ0n) is 10.3. The molecule has 3 nitrogen and oxygen atoms in total. The average Bonchev–Trinajstić information content (AvgIpc) is 2.67. The zero-order chi connectivity index (χ0) is 14.1. The van der Waals surface area contributed by atoms with Crippen LogP contribution in [-0.2, 0) is 0 Å². The molecule has 20 heavy (non-hydrogen) atoms. The van der Waals surface area contributed by atoms with Gasteiger partial charge in [-0.15, -0.1) is 11.3 Å². The maximum absolute atomic E-state index is 12.5. The number of benzene rings is 1. The summed E-state index contributed by atoms with van der Waals surface area (Å²) in [5, 5.41) is 0. The molecule has 0 amide bonds. The monoisotopic (exact) mass is 416 g/mol. The molecule has 0 bridgehead atoms. The van der Waals surface area contributed by atoms with Gasteiger partial charge in [-0.2, -0.15) is 0 Å². The van der Waals surface area contributed by atoms with Crippen LogP contribution in [0, 0.1) is 0 Å². The fourth-order valence-electron chi connectivity index (χ4n) is 1.91. The molecule has 0 saturated heterocycles. The van der Waals surface area contributed by atoms with E-state index in [1.165, 1.54) is 11.3 Å². The Kier molecular flexibility index (Phi) is 4.14. The Hall–Kier alpha value is -0.850. The Balaban J connectivity index is 1.94. The molecule has 3 rings (SSSR count). The number of rotatable bonds is 2. The van der Waals surface area contributed by atoms with E-state index in [4.69, 9.17) is 9.47 Å². The van der Waals surface area contributed by atoms with Crippen LogP contribution in [0.4, 0.5) is 0 Å². The van der Waals surface area contributed by atoms with Gasteiger partial charge in [-0.3, -0.25) is 4.79 Å². The van der Waals surface area contributed by atoms with Gasteiger partial charge >= 0.3 is 0 Å². The van der Waals surface area contributed by atoms with Gasteiger partial charge < -0.3 is 9.47 Å². The lowest BCUT2D eigenvalue weighted by Crippen LogP contribution is -2.00. The van der Waals surface area contributed by atoms with Crippen LogP contribution in [-0.4, -0.2) is 19.0 Å². The first kappa shape index (κ1) is 14.1. The molecule has 2 heterocycles. The Labute approximate surface area is 137 Å². The van der Waals surface area contributed by atoms with Crippen molar-refractivity contribution in [1.29, 1.82) is 0 Å². The fraction of sp³-hybridized carbons (Fsp3) is 0.214. The second-order valence-electron chi connectivity index (χ2n) is 4.27. The van der Waals surface area contributed by atoms with Crippen LogP contribution in [0.5, 0.6) is 11.5 Å². The molecule has 0 spiro atoms. The summed E-state index contributed by atoms with van der Waals surface area (Å²) in [6, 6.07) is 7.15. The van der Waals surface area contributed by atoms with Crippen LogP contribution in [0.1, 0.15) is 21.7 Å². The zero-order valence-corrected chi connectivity index (χ0v) is 14.3. The largest absolute Gasteiger partial charge is 0.490 e. The van der Waals surface area contributed by atoms with Crippen molar-refractivity contribution in [2.24, 2.45) is 0 Å². The van der Waals surface area contributed by atoms with Gasteiger partial charge in [0.15, 0.2) is 11.5 Å². The van der Waals surface area contributed by atoms with E-state index in [1.54, 1.807) is 18.2 Å². The molecule has 0 aliphatic carbocycles. The highest BCUT2D eigenvalue weighted by atomic mass is 79.9. The topological polar surface area (TPSA) is 35.5 Å². The number of fused-ring (bicyclic) bond motifs is 1. The average molecular weight is 418 g/mol. The number of hydrogen-bond donors (Lipinski definition) is 0. The summed E-state index contributed by atoms with van der Waals surface area (Å²) in [6.07, 6.45) is 0.850. The lowest BCUT2D eigenvalue weighted by Gasteiger charge is -2.08. The molecule has 1 aromatic heterocycles. The van der Waals surface area contributed by atoms with Gasteiger partial charge in [0.05, 0.1) is 21.9 Å². The van der Waals surface area contributed by atoms with E-state index in [2.05, 4.69) is 31.9 Å². The highest BCUT2D eigenvalue weighted by Crippen LogP contribution is 2.35. The van der Waals surface area contributed by atoms with E-state index >= 15 is 0 Å². The van der Waals surface area contributed by atoms with Gasteiger partial charge in [0, 0.05) is 16.5 Å². The van der Waals surface area contributed by atoms with E-state index in [1.807, 2.05) is 6.07 Å². The highest BCUT2D eigenvalue weighted by Gasteiger charge is 2.17. The predicted octanol–water partition coefficient (Wildman–Crippen LogP) is 4.67. The van der Waals surface area contributed by atoms with Gasteiger partial charge in [0.2, 0.25) is 5.78 Å². The third kappa shape index (κ3) is 2.77. The Morgan fingerprint density at radius 2 is 1.85 bits per heavy atom. The number of hydrogen-bond acceptors (Lipinski definition) is 4. The van der Waals surface area contributed by atoms with Crippen LogP contribution in [0.25, 0.3) is 0 Å². The van der Waals surface area contributed by atoms with Gasteiger partial charge in [-0.1, -0.05) is 0 Å². The first-order valence-corrected chi connectivity index (χ1v) is 8.44. The van der Waals surface area contributed by atoms with Crippen LogP contribution < -0.4 is 9.47 Å². The van der Waals surface area contributed by atoms with Crippen molar-refractivity contribution in [2.75, 3.05) is 13.2 Å². The highest BCUT2D eigenvalue weighted by molar-refractivity contribution is 9.13. The van der Waals surface area contributed by atoms with E-state index in [9.17, 15) is 4.79 Å². The fourth-order valence-corrected chi connectivity index (χ4v) is 3.90. The summed E-state index contributed by atoms with van der Waals surface area (Å²) in [5.74, 6) is 1.33. The molecule has 0 radical (unpaired) electrons. The lowest BCUT2D eigenvalue weighted by molar-refractivity contribution is 0.104. The number of halogens is 2. The summed E-state index contributed by atoms with van der Waals surface area (Å²) < 4.78 is 13.0. The molecule has 0 unspecified atom stereocenters. The lowest BCUT2D eigenvalue weighted by atomic mass is 10.1. The number of carbonyl (C=O) groups is 1. The van der Waals surface area contributed by atoms with Crippen LogP contribution in [0.2, 0.25) is 0 Å². The van der Waals surface area contributed by atoms with Crippen molar-refractivity contribution in [3.05, 3.63) is 43.0 Å². The van der Waals surface area contributed by atoms with Crippen molar-refractivity contribution in [1.82, 2.24) is 0 Å². The number of thiophene rings is 1. The van der Waals surface area contributed by atoms with Crippen molar-refractivity contribution in [3.63, 3.8) is 0 Å². The van der Waals surface area contributed by atoms with E-state index < -0.39 is 0 Å². The standard InChI is InChI=1S/C14H10Br2O3S/c15-9-7-12(20-14(9)16)13(17)8-2-3-10-11(6-8)19-5-1-4-18-10/h2-3,6-7H,1,4-5H2. The quantitative estimate of drug-likeness (QED) is 0.666. The smallest absolute Gasteiger partial charge is 0.203 e. The second kappa shape index (κ2) is 5.87. The van der Waals surface area contributed by atoms with E-state index in [0.717, 1.165) is 14.7 Å². The summed E-state index contributed by atoms with van der Waals surface area (Å²) in [7, 11) is 0. The normalized spacial score (nSPS) is 13.9. The van der Waals surface area contributed by atoms with E-state index in [0.29, 0.717) is 35.2 Å². The van der Waals surface area contributed by atoms with Crippen molar-refractivity contribution < 1.29 is 14.3 Å². The summed E-state index contributed by atoms with van der Waals surface area (Å²) in [4.78, 5) is 13.1. The molecule has 1 aromatic carbocycles. The second-order valence-corrected chi connectivity index (χ2v) is 7.50. The van der Waals surface area contributed by atoms with Crippen LogP contribution in [0.3, 0.4) is 0 Å². The maximum Gasteiger partial charge on any atom is 0.203 e. The summed E-state index contributed by atoms with van der Waals surface area (Å²) in [5.41, 5.74) is 0.607. The molecule has 2 aromatic rings. The minimum atomic E-state index is -0.0166. The van der Waals surface area contributed by atoms with Gasteiger partial charge in [-0.25, -0.2) is 0 Å². The third-order valence-electron chi connectivity index (χ3n) is 2.88. The van der Waals surface area contributed by atoms with Crippen molar-refractivity contribution in [2.45, 2.75) is 6.42 Å². The van der Waals surface area contributed by atoms with Crippen LogP contribution >= 0.6 is 43.2 Å². The third-order valence-corrected chi connectivity index (χ3v) is 6.13. The molecular weight excluding hydrogens is 408 g/mol. The van der Waals surface area contributed by atoms with Crippen molar-refractivity contribution >= 4 is 49.0 Å². The molecule has 0 saturated carbocycles. The number of ketones is 1. The number of ether oxygens (including phenoxy) is 2. The minimum Gasteiger partial charge on any atom is -0.490 e. The summed E-state index contributed by atoms with van der Waals surface area (Å²) >= 11 is 8.20. The minimum absolute atomic E-state index is 0.0166. The predicted molar refractivity (Wildman–Crippen MR) is 85.2 cm³/mol. The molecule has 104 valence electrons. The molecule has 0 atom stereocenters. The molecule has 0 fully saturated rings. The Bertz CT molecular complexity index is 647. The first-order chi connectivity index (χ1) is 9.65. The molecule has 6 heteroatoms.